The van der Waals surface area contributed by atoms with E-state index in [1.807, 2.05) is 17.0 Å². The summed E-state index contributed by atoms with van der Waals surface area (Å²) >= 11 is 0. The summed E-state index contributed by atoms with van der Waals surface area (Å²) in [7, 11) is 0. The van der Waals surface area contributed by atoms with Crippen molar-refractivity contribution in [2.45, 2.75) is 45.1 Å². The van der Waals surface area contributed by atoms with Gasteiger partial charge in [0.25, 0.3) is 0 Å². The molecule has 4 nitrogen and oxygen atoms in total. The van der Waals surface area contributed by atoms with Gasteiger partial charge in [0, 0.05) is 19.5 Å². The van der Waals surface area contributed by atoms with E-state index < -0.39 is 0 Å². The lowest BCUT2D eigenvalue weighted by molar-refractivity contribution is -0.142. The summed E-state index contributed by atoms with van der Waals surface area (Å²) in [5.74, 6) is 0.229. The lowest BCUT2D eigenvalue weighted by Gasteiger charge is -2.31. The first-order chi connectivity index (χ1) is 10.7. The minimum atomic E-state index is 0.0982. The third-order valence-electron chi connectivity index (χ3n) is 4.87. The van der Waals surface area contributed by atoms with E-state index in [2.05, 4.69) is 19.1 Å². The molecule has 2 fully saturated rings. The van der Waals surface area contributed by atoms with Crippen molar-refractivity contribution in [1.82, 2.24) is 9.80 Å². The molecule has 2 amide bonds. The van der Waals surface area contributed by atoms with Crippen LogP contribution in [-0.2, 0) is 9.59 Å². The van der Waals surface area contributed by atoms with Crippen LogP contribution in [0.4, 0.5) is 0 Å². The van der Waals surface area contributed by atoms with Gasteiger partial charge in [0.2, 0.25) is 11.8 Å². The van der Waals surface area contributed by atoms with Crippen LogP contribution in [0.3, 0.4) is 0 Å². The number of amides is 2. The zero-order valence-corrected chi connectivity index (χ0v) is 13.3. The van der Waals surface area contributed by atoms with Crippen molar-refractivity contribution in [3.05, 3.63) is 35.4 Å². The first-order valence-electron chi connectivity index (χ1n) is 8.29. The fraction of sp³-hybridized carbons (Fsp3) is 0.556. The second-order valence-corrected chi connectivity index (χ2v) is 6.37. The number of nitrogens with zero attached hydrogens (tertiary/aromatic N) is 2. The molecule has 3 rings (SSSR count). The molecule has 2 heterocycles. The number of carbonyl (C=O) groups is 2. The predicted molar refractivity (Wildman–Crippen MR) is 85.3 cm³/mol. The first kappa shape index (κ1) is 15.1. The molecular weight excluding hydrogens is 276 g/mol. The van der Waals surface area contributed by atoms with Crippen molar-refractivity contribution in [3.8, 4) is 0 Å². The van der Waals surface area contributed by atoms with Gasteiger partial charge in [-0.25, -0.2) is 0 Å². The van der Waals surface area contributed by atoms with Crippen molar-refractivity contribution < 1.29 is 9.59 Å². The average Bonchev–Trinajstić information content (AvgIpc) is 2.99. The highest BCUT2D eigenvalue weighted by molar-refractivity contribution is 5.85. The summed E-state index contributed by atoms with van der Waals surface area (Å²) in [4.78, 5) is 28.3. The lowest BCUT2D eigenvalue weighted by atomic mass is 9.99. The molecule has 0 bridgehead atoms. The molecule has 0 aliphatic carbocycles. The molecule has 0 spiro atoms. The van der Waals surface area contributed by atoms with E-state index in [-0.39, 0.29) is 24.4 Å². The Kier molecular flexibility index (Phi) is 4.46. The zero-order chi connectivity index (χ0) is 15.5. The Morgan fingerprint density at radius 3 is 2.77 bits per heavy atom. The fourth-order valence-electron chi connectivity index (χ4n) is 3.63. The molecule has 1 unspecified atom stereocenters. The maximum absolute atomic E-state index is 12.7. The summed E-state index contributed by atoms with van der Waals surface area (Å²) in [6.45, 7) is 3.89. The number of carbonyl (C=O) groups excluding carboxylic acids is 2. The molecular formula is C18H24N2O2. The predicted octanol–water partition coefficient (Wildman–Crippen LogP) is 2.67. The Labute approximate surface area is 132 Å². The minimum absolute atomic E-state index is 0.0982. The number of piperidine rings is 1. The minimum Gasteiger partial charge on any atom is -0.334 e. The van der Waals surface area contributed by atoms with Crippen LogP contribution >= 0.6 is 0 Å². The Morgan fingerprint density at radius 2 is 2.00 bits per heavy atom. The molecule has 2 aliphatic heterocycles. The molecule has 0 saturated carbocycles. The summed E-state index contributed by atoms with van der Waals surface area (Å²) < 4.78 is 0. The monoisotopic (exact) mass is 300 g/mol. The van der Waals surface area contributed by atoms with E-state index in [0.29, 0.717) is 6.42 Å². The van der Waals surface area contributed by atoms with Gasteiger partial charge in [0.05, 0.1) is 12.6 Å². The normalized spacial score (nSPS) is 22.2. The number of likely N-dealkylation sites (tertiary alicyclic amines) is 2. The van der Waals surface area contributed by atoms with Gasteiger partial charge in [0.15, 0.2) is 0 Å². The quantitative estimate of drug-likeness (QED) is 0.861. The van der Waals surface area contributed by atoms with Gasteiger partial charge in [-0.05, 0) is 43.7 Å². The molecule has 118 valence electrons. The third-order valence-corrected chi connectivity index (χ3v) is 4.87. The van der Waals surface area contributed by atoms with E-state index in [1.54, 1.807) is 4.90 Å². The lowest BCUT2D eigenvalue weighted by Crippen LogP contribution is -2.44. The Balaban J connectivity index is 1.71. The van der Waals surface area contributed by atoms with Crippen LogP contribution in [0, 0.1) is 6.92 Å². The molecule has 2 aliphatic rings. The molecule has 1 aromatic rings. The smallest absolute Gasteiger partial charge is 0.242 e. The SMILES string of the molecule is Cc1ccccc1C1CCCN1C(=O)CN1CCCCC1=O. The number of rotatable bonds is 3. The van der Waals surface area contributed by atoms with E-state index >= 15 is 0 Å². The average molecular weight is 300 g/mol. The Morgan fingerprint density at radius 1 is 1.18 bits per heavy atom. The van der Waals surface area contributed by atoms with E-state index in [4.69, 9.17) is 0 Å². The van der Waals surface area contributed by atoms with E-state index in [0.717, 1.165) is 38.8 Å². The first-order valence-corrected chi connectivity index (χ1v) is 8.29. The van der Waals surface area contributed by atoms with Gasteiger partial charge in [-0.15, -0.1) is 0 Å². The molecule has 0 N–H and O–H groups in total. The maximum Gasteiger partial charge on any atom is 0.242 e. The van der Waals surface area contributed by atoms with Crippen molar-refractivity contribution in [1.29, 1.82) is 0 Å². The summed E-state index contributed by atoms with van der Waals surface area (Å²) in [5, 5.41) is 0. The molecule has 0 radical (unpaired) electrons. The van der Waals surface area contributed by atoms with Crippen LogP contribution in [0.2, 0.25) is 0 Å². The molecule has 4 heteroatoms. The molecule has 1 atom stereocenters. The summed E-state index contributed by atoms with van der Waals surface area (Å²) in [6.07, 6.45) is 4.62. The van der Waals surface area contributed by atoms with Gasteiger partial charge in [-0.2, -0.15) is 0 Å². The van der Waals surface area contributed by atoms with Gasteiger partial charge in [0.1, 0.15) is 0 Å². The maximum atomic E-state index is 12.7. The highest BCUT2D eigenvalue weighted by atomic mass is 16.2. The Hall–Kier alpha value is -1.84. The zero-order valence-electron chi connectivity index (χ0n) is 13.3. The van der Waals surface area contributed by atoms with Crippen molar-refractivity contribution in [2.75, 3.05) is 19.6 Å². The second kappa shape index (κ2) is 6.51. The van der Waals surface area contributed by atoms with Gasteiger partial charge >= 0.3 is 0 Å². The third kappa shape index (κ3) is 3.01. The molecule has 1 aromatic carbocycles. The molecule has 0 aromatic heterocycles. The van der Waals surface area contributed by atoms with Crippen LogP contribution in [0.15, 0.2) is 24.3 Å². The largest absolute Gasteiger partial charge is 0.334 e. The van der Waals surface area contributed by atoms with Crippen molar-refractivity contribution >= 4 is 11.8 Å². The van der Waals surface area contributed by atoms with Crippen LogP contribution in [0.1, 0.15) is 49.3 Å². The molecule has 2 saturated heterocycles. The van der Waals surface area contributed by atoms with Gasteiger partial charge in [-0.1, -0.05) is 24.3 Å². The molecule has 22 heavy (non-hydrogen) atoms. The van der Waals surface area contributed by atoms with Crippen molar-refractivity contribution in [2.24, 2.45) is 0 Å². The van der Waals surface area contributed by atoms with Crippen molar-refractivity contribution in [3.63, 3.8) is 0 Å². The number of aryl methyl sites for hydroxylation is 1. The topological polar surface area (TPSA) is 40.6 Å². The number of hydrogen-bond acceptors (Lipinski definition) is 2. The standard InChI is InChI=1S/C18H24N2O2/c1-14-7-2-3-8-15(14)16-9-6-12-20(16)18(22)13-19-11-5-4-10-17(19)21/h2-3,7-8,16H,4-6,9-13H2,1H3. The van der Waals surface area contributed by atoms with Crippen LogP contribution in [0.5, 0.6) is 0 Å². The number of benzene rings is 1. The second-order valence-electron chi connectivity index (χ2n) is 6.37. The fourth-order valence-corrected chi connectivity index (χ4v) is 3.63. The highest BCUT2D eigenvalue weighted by Gasteiger charge is 2.32. The highest BCUT2D eigenvalue weighted by Crippen LogP contribution is 2.33. The van der Waals surface area contributed by atoms with Crippen LogP contribution in [0.25, 0.3) is 0 Å². The van der Waals surface area contributed by atoms with Gasteiger partial charge in [-0.3, -0.25) is 9.59 Å². The number of hydrogen-bond donors (Lipinski definition) is 0. The van der Waals surface area contributed by atoms with Crippen LogP contribution < -0.4 is 0 Å². The summed E-state index contributed by atoms with van der Waals surface area (Å²) in [5.41, 5.74) is 2.49. The van der Waals surface area contributed by atoms with E-state index in [9.17, 15) is 9.59 Å². The van der Waals surface area contributed by atoms with Gasteiger partial charge < -0.3 is 9.80 Å². The van der Waals surface area contributed by atoms with E-state index in [1.165, 1.54) is 11.1 Å². The summed E-state index contributed by atoms with van der Waals surface area (Å²) in [6, 6.07) is 8.47. The van der Waals surface area contributed by atoms with Crippen LogP contribution in [-0.4, -0.2) is 41.2 Å². The Bertz CT molecular complexity index is 570.